The van der Waals surface area contributed by atoms with Crippen molar-refractivity contribution in [2.45, 2.75) is 33.4 Å². The van der Waals surface area contributed by atoms with E-state index < -0.39 is 0 Å². The fourth-order valence-corrected chi connectivity index (χ4v) is 2.81. The van der Waals surface area contributed by atoms with E-state index in [1.807, 2.05) is 55.1 Å². The van der Waals surface area contributed by atoms with E-state index in [9.17, 15) is 4.79 Å². The average molecular weight is 528 g/mol. The zero-order valence-electron chi connectivity index (χ0n) is 18.0. The van der Waals surface area contributed by atoms with Crippen molar-refractivity contribution in [2.75, 3.05) is 33.3 Å². The lowest BCUT2D eigenvalue weighted by molar-refractivity contribution is 0.0773. The Morgan fingerprint density at radius 1 is 1.13 bits per heavy atom. The molecule has 0 aliphatic carbocycles. The van der Waals surface area contributed by atoms with Crippen molar-refractivity contribution in [3.8, 4) is 0 Å². The average Bonchev–Trinajstić information content (AvgIpc) is 3.27. The van der Waals surface area contributed by atoms with E-state index in [0.717, 1.165) is 35.8 Å². The third kappa shape index (κ3) is 8.74. The summed E-state index contributed by atoms with van der Waals surface area (Å²) in [6.45, 7) is 7.94. The van der Waals surface area contributed by atoms with E-state index in [4.69, 9.17) is 9.15 Å². The van der Waals surface area contributed by atoms with Crippen LogP contribution < -0.4 is 10.6 Å². The standard InChI is InChI=1S/C22H32N4O3.HI/c1-4-26(5-2)21(27)19-11-9-18(10-12-19)16-25-22(23-3)24-13-7-14-28-17-20-8-6-15-29-20;/h6,8-12,15H,4-5,7,13-14,16-17H2,1-3H3,(H2,23,24,25);1H. The maximum atomic E-state index is 12.4. The molecule has 1 aromatic heterocycles. The minimum atomic E-state index is 0. The van der Waals surface area contributed by atoms with Crippen LogP contribution in [0, 0.1) is 0 Å². The van der Waals surface area contributed by atoms with Crippen molar-refractivity contribution in [2.24, 2.45) is 4.99 Å². The van der Waals surface area contributed by atoms with E-state index in [-0.39, 0.29) is 29.9 Å². The highest BCUT2D eigenvalue weighted by Crippen LogP contribution is 2.08. The Bertz CT molecular complexity index is 744. The predicted octanol–water partition coefficient (Wildman–Crippen LogP) is 3.65. The van der Waals surface area contributed by atoms with Crippen LogP contribution in [0.3, 0.4) is 0 Å². The summed E-state index contributed by atoms with van der Waals surface area (Å²) in [4.78, 5) is 18.4. The second-order valence-electron chi connectivity index (χ2n) is 6.51. The first-order chi connectivity index (χ1) is 14.2. The number of furan rings is 1. The number of halogens is 1. The molecule has 2 rings (SSSR count). The summed E-state index contributed by atoms with van der Waals surface area (Å²) in [5, 5.41) is 6.55. The largest absolute Gasteiger partial charge is 0.467 e. The molecule has 0 saturated heterocycles. The van der Waals surface area contributed by atoms with Crippen molar-refractivity contribution >= 4 is 35.8 Å². The molecule has 2 aromatic rings. The number of nitrogens with zero attached hydrogens (tertiary/aromatic N) is 2. The molecular formula is C22H33IN4O3. The lowest BCUT2D eigenvalue weighted by atomic mass is 10.1. The van der Waals surface area contributed by atoms with Crippen molar-refractivity contribution in [3.63, 3.8) is 0 Å². The van der Waals surface area contributed by atoms with Crippen LogP contribution >= 0.6 is 24.0 Å². The molecule has 0 saturated carbocycles. The Balaban J connectivity index is 0.00000450. The highest BCUT2D eigenvalue weighted by Gasteiger charge is 2.11. The molecule has 7 nitrogen and oxygen atoms in total. The van der Waals surface area contributed by atoms with Crippen LogP contribution in [0.25, 0.3) is 0 Å². The van der Waals surface area contributed by atoms with Crippen molar-refractivity contribution in [1.82, 2.24) is 15.5 Å². The molecule has 0 aliphatic rings. The Kier molecular flexibility index (Phi) is 12.8. The number of rotatable bonds is 11. The maximum absolute atomic E-state index is 12.4. The fourth-order valence-electron chi connectivity index (χ4n) is 2.81. The summed E-state index contributed by atoms with van der Waals surface area (Å²) >= 11 is 0. The highest BCUT2D eigenvalue weighted by molar-refractivity contribution is 14.0. The third-order valence-corrected chi connectivity index (χ3v) is 4.52. The zero-order chi connectivity index (χ0) is 20.9. The second-order valence-corrected chi connectivity index (χ2v) is 6.51. The first-order valence-corrected chi connectivity index (χ1v) is 10.1. The molecule has 8 heteroatoms. The molecule has 0 fully saturated rings. The van der Waals surface area contributed by atoms with Crippen molar-refractivity contribution in [3.05, 3.63) is 59.5 Å². The Morgan fingerprint density at radius 2 is 1.87 bits per heavy atom. The third-order valence-electron chi connectivity index (χ3n) is 4.52. The lowest BCUT2D eigenvalue weighted by Crippen LogP contribution is -2.37. The molecule has 1 aromatic carbocycles. The van der Waals surface area contributed by atoms with Gasteiger partial charge in [-0.15, -0.1) is 24.0 Å². The molecular weight excluding hydrogens is 495 g/mol. The molecule has 1 amide bonds. The van der Waals surface area contributed by atoms with E-state index in [0.29, 0.717) is 32.8 Å². The number of amides is 1. The number of carbonyl (C=O) groups is 1. The van der Waals surface area contributed by atoms with Gasteiger partial charge in [0, 0.05) is 45.4 Å². The monoisotopic (exact) mass is 528 g/mol. The number of carbonyl (C=O) groups excluding carboxylic acids is 1. The summed E-state index contributed by atoms with van der Waals surface area (Å²) < 4.78 is 10.8. The summed E-state index contributed by atoms with van der Waals surface area (Å²) in [5.74, 6) is 1.64. The number of guanidine groups is 1. The Hall–Kier alpha value is -2.07. The zero-order valence-corrected chi connectivity index (χ0v) is 20.3. The van der Waals surface area contributed by atoms with Crippen LogP contribution in [0.5, 0.6) is 0 Å². The first kappa shape index (κ1) is 26.0. The Morgan fingerprint density at radius 3 is 2.47 bits per heavy atom. The van der Waals surface area contributed by atoms with Gasteiger partial charge in [-0.3, -0.25) is 9.79 Å². The predicted molar refractivity (Wildman–Crippen MR) is 130 cm³/mol. The minimum Gasteiger partial charge on any atom is -0.467 e. The minimum absolute atomic E-state index is 0. The van der Waals surface area contributed by atoms with Gasteiger partial charge in [0.05, 0.1) is 6.26 Å². The number of ether oxygens (including phenoxy) is 1. The SMILES string of the molecule is CCN(CC)C(=O)c1ccc(CNC(=NC)NCCCOCc2ccco2)cc1.I. The van der Waals surface area contributed by atoms with Gasteiger partial charge in [0.2, 0.25) is 0 Å². The summed E-state index contributed by atoms with van der Waals surface area (Å²) in [6.07, 6.45) is 2.51. The van der Waals surface area contributed by atoms with E-state index in [1.54, 1.807) is 13.3 Å². The lowest BCUT2D eigenvalue weighted by Gasteiger charge is -2.18. The summed E-state index contributed by atoms with van der Waals surface area (Å²) in [7, 11) is 1.74. The second kappa shape index (κ2) is 14.8. The van der Waals surface area contributed by atoms with Crippen molar-refractivity contribution < 1.29 is 13.9 Å². The van der Waals surface area contributed by atoms with Gasteiger partial charge < -0.3 is 24.7 Å². The van der Waals surface area contributed by atoms with Crippen LogP contribution in [0.1, 0.15) is 41.9 Å². The van der Waals surface area contributed by atoms with Gasteiger partial charge in [0.25, 0.3) is 5.91 Å². The molecule has 0 unspecified atom stereocenters. The molecule has 0 spiro atoms. The molecule has 2 N–H and O–H groups in total. The number of aliphatic imine (C=N–C) groups is 1. The highest BCUT2D eigenvalue weighted by atomic mass is 127. The quantitative estimate of drug-likeness (QED) is 0.202. The van der Waals surface area contributed by atoms with Gasteiger partial charge >= 0.3 is 0 Å². The number of nitrogens with one attached hydrogen (secondary N) is 2. The van der Waals surface area contributed by atoms with Crippen LogP contribution in [-0.2, 0) is 17.9 Å². The topological polar surface area (TPSA) is 79.1 Å². The van der Waals surface area contributed by atoms with Crippen LogP contribution in [0.2, 0.25) is 0 Å². The normalized spacial score (nSPS) is 11.0. The van der Waals surface area contributed by atoms with Gasteiger partial charge in [-0.2, -0.15) is 0 Å². The summed E-state index contributed by atoms with van der Waals surface area (Å²) in [5.41, 5.74) is 1.81. The van der Waals surface area contributed by atoms with Crippen LogP contribution in [0.4, 0.5) is 0 Å². The van der Waals surface area contributed by atoms with Gasteiger partial charge in [0.1, 0.15) is 12.4 Å². The fraction of sp³-hybridized carbons (Fsp3) is 0.455. The Labute approximate surface area is 196 Å². The van der Waals surface area contributed by atoms with Crippen LogP contribution in [0.15, 0.2) is 52.1 Å². The molecule has 0 bridgehead atoms. The number of hydrogen-bond acceptors (Lipinski definition) is 4. The van der Waals surface area contributed by atoms with Gasteiger partial charge in [-0.1, -0.05) is 12.1 Å². The number of benzene rings is 1. The molecule has 166 valence electrons. The van der Waals surface area contributed by atoms with Gasteiger partial charge in [0.15, 0.2) is 5.96 Å². The van der Waals surface area contributed by atoms with Crippen molar-refractivity contribution in [1.29, 1.82) is 0 Å². The summed E-state index contributed by atoms with van der Waals surface area (Å²) in [6, 6.07) is 11.5. The van der Waals surface area contributed by atoms with E-state index >= 15 is 0 Å². The molecule has 0 atom stereocenters. The van der Waals surface area contributed by atoms with E-state index in [2.05, 4.69) is 15.6 Å². The molecule has 0 radical (unpaired) electrons. The van der Waals surface area contributed by atoms with E-state index in [1.165, 1.54) is 0 Å². The number of hydrogen-bond donors (Lipinski definition) is 2. The molecule has 1 heterocycles. The van der Waals surface area contributed by atoms with Gasteiger partial charge in [-0.05, 0) is 50.1 Å². The molecule has 0 aliphatic heterocycles. The van der Waals surface area contributed by atoms with Gasteiger partial charge in [-0.25, -0.2) is 0 Å². The maximum Gasteiger partial charge on any atom is 0.253 e. The first-order valence-electron chi connectivity index (χ1n) is 10.1. The van der Waals surface area contributed by atoms with Crippen LogP contribution in [-0.4, -0.2) is 50.1 Å². The molecule has 30 heavy (non-hydrogen) atoms. The smallest absolute Gasteiger partial charge is 0.253 e.